The van der Waals surface area contributed by atoms with Crippen LogP contribution in [0.3, 0.4) is 0 Å². The Hall–Kier alpha value is -1.92. The Morgan fingerprint density at radius 1 is 1.30 bits per heavy atom. The van der Waals surface area contributed by atoms with Gasteiger partial charge in [0, 0.05) is 28.7 Å². The standard InChI is InChI=1S/C20H21ClN2O3S/c1-26-17-6-5-11(9-15(17)21)16-10-27-20(22-16)23-19(25)14-7-12-3-2-4-13(8-14)18(12)24/h5-6,9-10,12-14H,2-4,7-8H2,1H3,(H,22,23,25). The zero-order chi connectivity index (χ0) is 19.0. The first-order valence-electron chi connectivity index (χ1n) is 9.19. The lowest BCUT2D eigenvalue weighted by Crippen LogP contribution is -2.40. The Bertz CT molecular complexity index is 866. The second kappa shape index (κ2) is 7.60. The van der Waals surface area contributed by atoms with Gasteiger partial charge in [0.2, 0.25) is 5.91 Å². The van der Waals surface area contributed by atoms with Gasteiger partial charge in [0.05, 0.1) is 17.8 Å². The van der Waals surface area contributed by atoms with Crippen molar-refractivity contribution < 1.29 is 14.3 Å². The molecule has 27 heavy (non-hydrogen) atoms. The molecule has 4 rings (SSSR count). The molecule has 2 aliphatic carbocycles. The van der Waals surface area contributed by atoms with E-state index in [0.29, 0.717) is 34.5 Å². The predicted octanol–water partition coefficient (Wildman–Crippen LogP) is 4.81. The number of amides is 1. The van der Waals surface area contributed by atoms with Crippen LogP contribution in [-0.4, -0.2) is 23.8 Å². The molecule has 1 aromatic carbocycles. The van der Waals surface area contributed by atoms with Gasteiger partial charge >= 0.3 is 0 Å². The molecule has 5 nitrogen and oxygen atoms in total. The minimum atomic E-state index is -0.0965. The highest BCUT2D eigenvalue weighted by Crippen LogP contribution is 2.40. The van der Waals surface area contributed by atoms with Crippen molar-refractivity contribution in [3.8, 4) is 17.0 Å². The van der Waals surface area contributed by atoms with E-state index < -0.39 is 0 Å². The highest BCUT2D eigenvalue weighted by atomic mass is 35.5. The Morgan fingerprint density at radius 2 is 2.04 bits per heavy atom. The van der Waals surface area contributed by atoms with Gasteiger partial charge in [0.25, 0.3) is 0 Å². The van der Waals surface area contributed by atoms with Crippen molar-refractivity contribution in [2.75, 3.05) is 12.4 Å². The molecule has 1 N–H and O–H groups in total. The van der Waals surface area contributed by atoms with Crippen molar-refractivity contribution in [1.29, 1.82) is 0 Å². The fraction of sp³-hybridized carbons (Fsp3) is 0.450. The van der Waals surface area contributed by atoms with Gasteiger partial charge in [0.15, 0.2) is 5.13 Å². The van der Waals surface area contributed by atoms with Gasteiger partial charge in [-0.1, -0.05) is 18.0 Å². The summed E-state index contributed by atoms with van der Waals surface area (Å²) in [7, 11) is 1.57. The van der Waals surface area contributed by atoms with E-state index in [9.17, 15) is 9.59 Å². The second-order valence-corrected chi connectivity index (χ2v) is 8.54. The van der Waals surface area contributed by atoms with Crippen LogP contribution in [0.15, 0.2) is 23.6 Å². The summed E-state index contributed by atoms with van der Waals surface area (Å²) in [5.41, 5.74) is 1.63. The van der Waals surface area contributed by atoms with E-state index in [1.54, 1.807) is 19.2 Å². The van der Waals surface area contributed by atoms with Gasteiger partial charge < -0.3 is 10.1 Å². The van der Waals surface area contributed by atoms with E-state index in [1.165, 1.54) is 11.3 Å². The van der Waals surface area contributed by atoms with Crippen LogP contribution in [0, 0.1) is 17.8 Å². The molecule has 2 bridgehead atoms. The third-order valence-corrected chi connectivity index (χ3v) is 6.65. The Morgan fingerprint density at radius 3 is 2.70 bits per heavy atom. The third kappa shape index (κ3) is 3.73. The molecule has 1 heterocycles. The van der Waals surface area contributed by atoms with Crippen LogP contribution in [0.1, 0.15) is 32.1 Å². The van der Waals surface area contributed by atoms with Crippen LogP contribution in [-0.2, 0) is 9.59 Å². The van der Waals surface area contributed by atoms with Gasteiger partial charge in [-0.25, -0.2) is 4.98 Å². The molecular weight excluding hydrogens is 384 g/mol. The van der Waals surface area contributed by atoms with Gasteiger partial charge in [-0.3, -0.25) is 9.59 Å². The quantitative estimate of drug-likeness (QED) is 0.794. The number of benzene rings is 1. The number of rotatable bonds is 4. The molecule has 2 aromatic rings. The van der Waals surface area contributed by atoms with E-state index >= 15 is 0 Å². The number of halogens is 1. The van der Waals surface area contributed by atoms with Crippen molar-refractivity contribution in [3.63, 3.8) is 0 Å². The van der Waals surface area contributed by atoms with Crippen molar-refractivity contribution in [1.82, 2.24) is 4.98 Å². The smallest absolute Gasteiger partial charge is 0.229 e. The summed E-state index contributed by atoms with van der Waals surface area (Å²) in [4.78, 5) is 29.4. The van der Waals surface area contributed by atoms with E-state index in [0.717, 1.165) is 30.5 Å². The van der Waals surface area contributed by atoms with Crippen LogP contribution >= 0.6 is 22.9 Å². The summed E-state index contributed by atoms with van der Waals surface area (Å²) in [6.45, 7) is 0. The molecule has 0 radical (unpaired) electrons. The summed E-state index contributed by atoms with van der Waals surface area (Å²) in [5, 5.41) is 5.93. The summed E-state index contributed by atoms with van der Waals surface area (Å²) in [5.74, 6) is 1.01. The number of Topliss-reactive ketones (excluding diaryl/α,β-unsaturated/α-hetero) is 1. The van der Waals surface area contributed by atoms with Crippen molar-refractivity contribution in [3.05, 3.63) is 28.6 Å². The van der Waals surface area contributed by atoms with E-state index in [1.807, 2.05) is 11.4 Å². The molecule has 142 valence electrons. The summed E-state index contributed by atoms with van der Waals surface area (Å²) < 4.78 is 5.17. The maximum Gasteiger partial charge on any atom is 0.229 e. The molecule has 0 saturated heterocycles. The molecule has 0 aliphatic heterocycles. The summed E-state index contributed by atoms with van der Waals surface area (Å²) in [6.07, 6.45) is 4.31. The van der Waals surface area contributed by atoms with Crippen molar-refractivity contribution in [2.45, 2.75) is 32.1 Å². The Balaban J connectivity index is 1.44. The number of hydrogen-bond acceptors (Lipinski definition) is 5. The number of nitrogens with one attached hydrogen (secondary N) is 1. The Labute approximate surface area is 167 Å². The van der Waals surface area contributed by atoms with Crippen molar-refractivity contribution in [2.24, 2.45) is 17.8 Å². The molecule has 2 fully saturated rings. The number of thiazole rings is 1. The minimum absolute atomic E-state index is 0.0203. The number of nitrogens with zero attached hydrogens (tertiary/aromatic N) is 1. The molecule has 7 heteroatoms. The average Bonchev–Trinajstić information content (AvgIpc) is 3.09. The van der Waals surface area contributed by atoms with Crippen LogP contribution in [0.5, 0.6) is 5.75 Å². The van der Waals surface area contributed by atoms with Crippen LogP contribution in [0.25, 0.3) is 11.3 Å². The molecule has 1 aromatic heterocycles. The number of carbonyl (C=O) groups excluding carboxylic acids is 2. The first kappa shape index (κ1) is 18.4. The maximum atomic E-state index is 12.7. The van der Waals surface area contributed by atoms with Crippen LogP contribution in [0.4, 0.5) is 5.13 Å². The average molecular weight is 405 g/mol. The van der Waals surface area contributed by atoms with Gasteiger partial charge in [-0.05, 0) is 43.9 Å². The number of methoxy groups -OCH3 is 1. The third-order valence-electron chi connectivity index (χ3n) is 5.60. The second-order valence-electron chi connectivity index (χ2n) is 7.27. The number of ketones is 1. The predicted molar refractivity (Wildman–Crippen MR) is 106 cm³/mol. The highest BCUT2D eigenvalue weighted by molar-refractivity contribution is 7.14. The first-order chi connectivity index (χ1) is 13.0. The Kier molecular flexibility index (Phi) is 5.19. The fourth-order valence-corrected chi connectivity index (χ4v) is 5.17. The SMILES string of the molecule is COc1ccc(-c2csc(NC(=O)C3CC4CCCC(C3)C4=O)n2)cc1Cl. The molecule has 1 amide bonds. The molecular formula is C20H21ClN2O3S. The van der Waals surface area contributed by atoms with Crippen LogP contribution in [0.2, 0.25) is 5.02 Å². The normalized spacial score (nSPS) is 24.5. The lowest BCUT2D eigenvalue weighted by molar-refractivity contribution is -0.136. The molecule has 2 unspecified atom stereocenters. The number of anilines is 1. The summed E-state index contributed by atoms with van der Waals surface area (Å²) >= 11 is 7.57. The molecule has 2 saturated carbocycles. The largest absolute Gasteiger partial charge is 0.495 e. The van der Waals surface area contributed by atoms with Crippen molar-refractivity contribution >= 4 is 39.8 Å². The van der Waals surface area contributed by atoms with E-state index in [4.69, 9.17) is 16.3 Å². The maximum absolute atomic E-state index is 12.7. The summed E-state index contributed by atoms with van der Waals surface area (Å²) in [6, 6.07) is 5.49. The highest BCUT2D eigenvalue weighted by Gasteiger charge is 2.41. The zero-order valence-electron chi connectivity index (χ0n) is 15.0. The number of carbonyl (C=O) groups is 2. The lowest BCUT2D eigenvalue weighted by Gasteiger charge is -2.36. The van der Waals surface area contributed by atoms with E-state index in [-0.39, 0.29) is 23.7 Å². The van der Waals surface area contributed by atoms with E-state index in [2.05, 4.69) is 10.3 Å². The van der Waals surface area contributed by atoms with Gasteiger partial charge in [-0.15, -0.1) is 11.3 Å². The molecule has 2 aliphatic rings. The minimum Gasteiger partial charge on any atom is -0.495 e. The zero-order valence-corrected chi connectivity index (χ0v) is 16.6. The monoisotopic (exact) mass is 404 g/mol. The lowest BCUT2D eigenvalue weighted by atomic mass is 9.67. The van der Waals surface area contributed by atoms with Crippen LogP contribution < -0.4 is 10.1 Å². The number of aromatic nitrogens is 1. The number of fused-ring (bicyclic) bond motifs is 2. The number of ether oxygens (including phenoxy) is 1. The fourth-order valence-electron chi connectivity index (χ4n) is 4.19. The van der Waals surface area contributed by atoms with Gasteiger partial charge in [0.1, 0.15) is 11.5 Å². The first-order valence-corrected chi connectivity index (χ1v) is 10.4. The molecule has 2 atom stereocenters. The number of hydrogen-bond donors (Lipinski definition) is 1. The topological polar surface area (TPSA) is 68.3 Å². The molecule has 0 spiro atoms. The van der Waals surface area contributed by atoms with Gasteiger partial charge in [-0.2, -0.15) is 0 Å².